The van der Waals surface area contributed by atoms with E-state index in [0.29, 0.717) is 12.2 Å². The Kier molecular flexibility index (Phi) is 4.17. The number of nitrogens with two attached hydrogens (primary N) is 1. The molecule has 2 N–H and O–H groups in total. The van der Waals surface area contributed by atoms with Gasteiger partial charge in [0, 0.05) is 25.8 Å². The topological polar surface area (TPSA) is 55.6 Å². The minimum Gasteiger partial charge on any atom is -0.481 e. The van der Waals surface area contributed by atoms with Gasteiger partial charge >= 0.3 is 0 Å². The van der Waals surface area contributed by atoms with E-state index in [1.165, 1.54) is 0 Å². The van der Waals surface area contributed by atoms with Crippen molar-refractivity contribution in [2.75, 3.05) is 19.0 Å². The molecule has 1 rings (SSSR count). The van der Waals surface area contributed by atoms with E-state index in [2.05, 4.69) is 0 Å². The minimum atomic E-state index is -0.558. The molecule has 1 atom stereocenters. The molecule has 1 aromatic carbocycles. The molecule has 1 aromatic rings. The van der Waals surface area contributed by atoms with Gasteiger partial charge in [0.1, 0.15) is 5.75 Å². The second-order valence-electron chi connectivity index (χ2n) is 3.81. The van der Waals surface area contributed by atoms with Crippen molar-refractivity contribution in [3.05, 3.63) is 24.3 Å². The van der Waals surface area contributed by atoms with Crippen molar-refractivity contribution in [3.8, 4) is 5.75 Å². The molecule has 0 heterocycles. The second-order valence-corrected chi connectivity index (χ2v) is 3.81. The summed E-state index contributed by atoms with van der Waals surface area (Å²) in [7, 11) is 3.90. The van der Waals surface area contributed by atoms with Crippen molar-refractivity contribution < 1.29 is 9.53 Å². The lowest BCUT2D eigenvalue weighted by Gasteiger charge is -2.17. The molecule has 0 bridgehead atoms. The third kappa shape index (κ3) is 3.15. The zero-order valence-corrected chi connectivity index (χ0v) is 9.93. The Morgan fingerprint density at radius 3 is 2.69 bits per heavy atom. The van der Waals surface area contributed by atoms with Crippen molar-refractivity contribution in [1.82, 2.24) is 0 Å². The summed E-state index contributed by atoms with van der Waals surface area (Å²) in [4.78, 5) is 13.0. The first-order valence-corrected chi connectivity index (χ1v) is 5.28. The summed E-state index contributed by atoms with van der Waals surface area (Å²) in [6, 6.07) is 7.56. The minimum absolute atomic E-state index is 0.433. The molecule has 88 valence electrons. The number of amides is 1. The average Bonchev–Trinajstić information content (AvgIpc) is 2.25. The van der Waals surface area contributed by atoms with Gasteiger partial charge in [0.2, 0.25) is 0 Å². The van der Waals surface area contributed by atoms with Crippen LogP contribution >= 0.6 is 0 Å². The Bertz CT molecular complexity index is 364. The molecule has 16 heavy (non-hydrogen) atoms. The Hall–Kier alpha value is -1.71. The van der Waals surface area contributed by atoms with Crippen LogP contribution in [0, 0.1) is 0 Å². The maximum atomic E-state index is 11.0. The highest BCUT2D eigenvalue weighted by Crippen LogP contribution is 2.20. The van der Waals surface area contributed by atoms with Crippen LogP contribution in [0.15, 0.2) is 24.3 Å². The van der Waals surface area contributed by atoms with E-state index >= 15 is 0 Å². The fraction of sp³-hybridized carbons (Fsp3) is 0.417. The average molecular weight is 222 g/mol. The van der Waals surface area contributed by atoms with Gasteiger partial charge in [-0.1, -0.05) is 13.0 Å². The maximum absolute atomic E-state index is 11.0. The summed E-state index contributed by atoms with van der Waals surface area (Å²) >= 11 is 0. The summed E-state index contributed by atoms with van der Waals surface area (Å²) in [6.45, 7) is 1.87. The molecule has 0 spiro atoms. The largest absolute Gasteiger partial charge is 0.481 e. The van der Waals surface area contributed by atoms with Crippen LogP contribution in [0.1, 0.15) is 13.3 Å². The van der Waals surface area contributed by atoms with E-state index in [0.717, 1.165) is 5.69 Å². The van der Waals surface area contributed by atoms with Crippen LogP contribution in [0.5, 0.6) is 5.75 Å². The quantitative estimate of drug-likeness (QED) is 0.819. The Labute approximate surface area is 96.0 Å². The zero-order valence-electron chi connectivity index (χ0n) is 9.93. The van der Waals surface area contributed by atoms with Gasteiger partial charge in [-0.15, -0.1) is 0 Å². The summed E-state index contributed by atoms with van der Waals surface area (Å²) in [5, 5.41) is 0. The van der Waals surface area contributed by atoms with E-state index in [1.54, 1.807) is 0 Å². The van der Waals surface area contributed by atoms with E-state index < -0.39 is 12.0 Å². The number of nitrogens with zero attached hydrogens (tertiary/aromatic N) is 1. The van der Waals surface area contributed by atoms with Crippen LogP contribution in [0.3, 0.4) is 0 Å². The van der Waals surface area contributed by atoms with Crippen LogP contribution in [0.2, 0.25) is 0 Å². The van der Waals surface area contributed by atoms with E-state index in [-0.39, 0.29) is 0 Å². The molecule has 4 heteroatoms. The predicted molar refractivity (Wildman–Crippen MR) is 64.7 cm³/mol. The lowest BCUT2D eigenvalue weighted by atomic mass is 10.2. The smallest absolute Gasteiger partial charge is 0.258 e. The first-order valence-electron chi connectivity index (χ1n) is 5.28. The van der Waals surface area contributed by atoms with Crippen LogP contribution < -0.4 is 15.4 Å². The fourth-order valence-electron chi connectivity index (χ4n) is 1.34. The van der Waals surface area contributed by atoms with E-state index in [1.807, 2.05) is 50.2 Å². The molecule has 4 nitrogen and oxygen atoms in total. The first kappa shape index (κ1) is 12.4. The molecule has 0 saturated heterocycles. The van der Waals surface area contributed by atoms with Gasteiger partial charge < -0.3 is 15.4 Å². The van der Waals surface area contributed by atoms with E-state index in [9.17, 15) is 4.79 Å². The third-order valence-electron chi connectivity index (χ3n) is 2.30. The number of rotatable bonds is 5. The van der Waals surface area contributed by atoms with Crippen molar-refractivity contribution in [1.29, 1.82) is 0 Å². The Morgan fingerprint density at radius 1 is 1.50 bits per heavy atom. The summed E-state index contributed by atoms with van der Waals surface area (Å²) < 4.78 is 5.51. The molecule has 1 amide bonds. The molecule has 0 aliphatic rings. The fourth-order valence-corrected chi connectivity index (χ4v) is 1.34. The molecule has 0 aromatic heterocycles. The standard InChI is InChI=1S/C12H18N2O2/c1-4-11(12(13)15)16-10-7-5-6-9(8-10)14(2)3/h5-8,11H,4H2,1-3H3,(H2,13,15). The SMILES string of the molecule is CCC(Oc1cccc(N(C)C)c1)C(N)=O. The number of ether oxygens (including phenoxy) is 1. The molecular weight excluding hydrogens is 204 g/mol. The lowest BCUT2D eigenvalue weighted by molar-refractivity contribution is -0.124. The van der Waals surface area contributed by atoms with Crippen molar-refractivity contribution in [3.63, 3.8) is 0 Å². The highest BCUT2D eigenvalue weighted by atomic mass is 16.5. The molecule has 0 aliphatic carbocycles. The van der Waals surface area contributed by atoms with Crippen molar-refractivity contribution in [2.24, 2.45) is 5.73 Å². The number of hydrogen-bond donors (Lipinski definition) is 1. The van der Waals surface area contributed by atoms with Gasteiger partial charge in [-0.2, -0.15) is 0 Å². The highest BCUT2D eigenvalue weighted by molar-refractivity contribution is 5.79. The van der Waals surface area contributed by atoms with Crippen LogP contribution in [-0.4, -0.2) is 26.1 Å². The molecule has 0 fully saturated rings. The zero-order chi connectivity index (χ0) is 12.1. The number of carbonyl (C=O) groups excluding carboxylic acids is 1. The molecular formula is C12H18N2O2. The van der Waals surface area contributed by atoms with Gasteiger partial charge in [-0.05, 0) is 18.6 Å². The monoisotopic (exact) mass is 222 g/mol. The van der Waals surface area contributed by atoms with Gasteiger partial charge in [-0.3, -0.25) is 4.79 Å². The number of benzene rings is 1. The van der Waals surface area contributed by atoms with Gasteiger partial charge in [-0.25, -0.2) is 0 Å². The summed E-state index contributed by atoms with van der Waals surface area (Å²) in [5.74, 6) is 0.231. The lowest BCUT2D eigenvalue weighted by Crippen LogP contribution is -2.33. The summed E-state index contributed by atoms with van der Waals surface area (Å²) in [5.41, 5.74) is 6.24. The van der Waals surface area contributed by atoms with Crippen molar-refractivity contribution >= 4 is 11.6 Å². The van der Waals surface area contributed by atoms with E-state index in [4.69, 9.17) is 10.5 Å². The first-order chi connectivity index (χ1) is 7.54. The third-order valence-corrected chi connectivity index (χ3v) is 2.30. The highest BCUT2D eigenvalue weighted by Gasteiger charge is 2.14. The molecule has 0 radical (unpaired) electrons. The second kappa shape index (κ2) is 5.39. The predicted octanol–water partition coefficient (Wildman–Crippen LogP) is 1.40. The van der Waals surface area contributed by atoms with Crippen LogP contribution in [-0.2, 0) is 4.79 Å². The number of hydrogen-bond acceptors (Lipinski definition) is 3. The number of primary amides is 1. The molecule has 1 unspecified atom stereocenters. The van der Waals surface area contributed by atoms with Gasteiger partial charge in [0.15, 0.2) is 6.10 Å². The van der Waals surface area contributed by atoms with Crippen LogP contribution in [0.4, 0.5) is 5.69 Å². The van der Waals surface area contributed by atoms with Crippen molar-refractivity contribution in [2.45, 2.75) is 19.4 Å². The number of carbonyl (C=O) groups is 1. The van der Waals surface area contributed by atoms with Gasteiger partial charge in [0.25, 0.3) is 5.91 Å². The normalized spacial score (nSPS) is 11.9. The number of anilines is 1. The molecule has 0 aliphatic heterocycles. The van der Waals surface area contributed by atoms with Gasteiger partial charge in [0.05, 0.1) is 0 Å². The maximum Gasteiger partial charge on any atom is 0.258 e. The summed E-state index contributed by atoms with van der Waals surface area (Å²) in [6.07, 6.45) is 0.0130. The Balaban J connectivity index is 2.80. The molecule has 0 saturated carbocycles. The van der Waals surface area contributed by atoms with Crippen LogP contribution in [0.25, 0.3) is 0 Å². The Morgan fingerprint density at radius 2 is 2.19 bits per heavy atom.